The Morgan fingerprint density at radius 2 is 1.75 bits per heavy atom. The van der Waals surface area contributed by atoms with E-state index in [1.807, 2.05) is 6.92 Å². The maximum atomic E-state index is 12.5. The second-order valence-electron chi connectivity index (χ2n) is 6.16. The van der Waals surface area contributed by atoms with E-state index in [-0.39, 0.29) is 12.1 Å². The highest BCUT2D eigenvalue weighted by Crippen LogP contribution is 2.26. The van der Waals surface area contributed by atoms with Gasteiger partial charge in [-0.2, -0.15) is 0 Å². The molecule has 1 aromatic rings. The summed E-state index contributed by atoms with van der Waals surface area (Å²) < 4.78 is 0. The van der Waals surface area contributed by atoms with E-state index in [1.54, 1.807) is 18.2 Å². The average Bonchev–Trinajstić information content (AvgIpc) is 2.76. The number of imide groups is 1. The Morgan fingerprint density at radius 1 is 1.17 bits per heavy atom. The van der Waals surface area contributed by atoms with Crippen molar-refractivity contribution in [1.29, 1.82) is 0 Å². The maximum absolute atomic E-state index is 12.5. The predicted octanol–water partition coefficient (Wildman–Crippen LogP) is 1.16. The summed E-state index contributed by atoms with van der Waals surface area (Å²) in [7, 11) is 1.46. The van der Waals surface area contributed by atoms with Crippen molar-refractivity contribution in [3.63, 3.8) is 0 Å². The van der Waals surface area contributed by atoms with Crippen LogP contribution in [0.2, 0.25) is 0 Å². The minimum Gasteiger partial charge on any atom is -0.481 e. The molecule has 0 aliphatic carbocycles. The standard InChI is InChI=1S/C17H20N2O5/c1-9-5-6-12-13(7-9)16(22)19(15(12)21)11(3)14(20)18(4)8-10(2)17(23)24/h5-7,10-11H,8H2,1-4H3,(H,23,24). The Balaban J connectivity index is 2.20. The third kappa shape index (κ3) is 3.02. The molecule has 2 unspecified atom stereocenters. The van der Waals surface area contributed by atoms with Gasteiger partial charge in [0.15, 0.2) is 0 Å². The summed E-state index contributed by atoms with van der Waals surface area (Å²) in [6, 6.07) is 3.95. The molecule has 2 atom stereocenters. The number of nitrogens with zero attached hydrogens (tertiary/aromatic N) is 2. The molecule has 1 aromatic carbocycles. The second kappa shape index (κ2) is 6.43. The van der Waals surface area contributed by atoms with Gasteiger partial charge in [-0.1, -0.05) is 18.6 Å². The molecule has 128 valence electrons. The zero-order chi connectivity index (χ0) is 18.2. The number of carboxylic acid groups (broad SMARTS) is 1. The monoisotopic (exact) mass is 332 g/mol. The summed E-state index contributed by atoms with van der Waals surface area (Å²) in [4.78, 5) is 50.5. The predicted molar refractivity (Wildman–Crippen MR) is 85.6 cm³/mol. The van der Waals surface area contributed by atoms with Crippen LogP contribution in [0, 0.1) is 12.8 Å². The minimum absolute atomic E-state index is 0.000778. The summed E-state index contributed by atoms with van der Waals surface area (Å²) in [5.74, 6) is -3.24. The van der Waals surface area contributed by atoms with Gasteiger partial charge in [0.25, 0.3) is 11.8 Å². The largest absolute Gasteiger partial charge is 0.481 e. The fourth-order valence-corrected chi connectivity index (χ4v) is 2.73. The fourth-order valence-electron chi connectivity index (χ4n) is 2.73. The molecule has 0 spiro atoms. The molecule has 1 aliphatic heterocycles. The summed E-state index contributed by atoms with van der Waals surface area (Å²) in [5.41, 5.74) is 1.43. The van der Waals surface area contributed by atoms with Gasteiger partial charge >= 0.3 is 5.97 Å². The number of aliphatic carboxylic acids is 1. The highest BCUT2D eigenvalue weighted by atomic mass is 16.4. The normalized spacial score (nSPS) is 15.9. The summed E-state index contributed by atoms with van der Waals surface area (Å²) >= 11 is 0. The van der Waals surface area contributed by atoms with E-state index in [9.17, 15) is 19.2 Å². The molecule has 0 radical (unpaired) electrons. The van der Waals surface area contributed by atoms with Crippen molar-refractivity contribution in [3.05, 3.63) is 34.9 Å². The van der Waals surface area contributed by atoms with Crippen molar-refractivity contribution >= 4 is 23.7 Å². The van der Waals surface area contributed by atoms with Gasteiger partial charge in [-0.3, -0.25) is 24.1 Å². The van der Waals surface area contributed by atoms with E-state index < -0.39 is 35.7 Å². The number of aryl methyl sites for hydroxylation is 1. The van der Waals surface area contributed by atoms with Gasteiger partial charge < -0.3 is 10.0 Å². The Kier molecular flexibility index (Phi) is 4.73. The third-order valence-electron chi connectivity index (χ3n) is 4.16. The Hall–Kier alpha value is -2.70. The van der Waals surface area contributed by atoms with E-state index in [1.165, 1.54) is 25.8 Å². The minimum atomic E-state index is -1.02. The summed E-state index contributed by atoms with van der Waals surface area (Å²) in [6.07, 6.45) is 0. The highest BCUT2D eigenvalue weighted by molar-refractivity contribution is 6.22. The van der Waals surface area contributed by atoms with Crippen molar-refractivity contribution in [1.82, 2.24) is 9.80 Å². The molecule has 0 fully saturated rings. The Morgan fingerprint density at radius 3 is 2.33 bits per heavy atom. The van der Waals surface area contributed by atoms with Crippen molar-refractivity contribution in [2.24, 2.45) is 5.92 Å². The highest BCUT2D eigenvalue weighted by Gasteiger charge is 2.41. The number of likely N-dealkylation sites (N-methyl/N-ethyl adjacent to an activating group) is 1. The maximum Gasteiger partial charge on any atom is 0.308 e. The van der Waals surface area contributed by atoms with E-state index in [0.717, 1.165) is 10.5 Å². The van der Waals surface area contributed by atoms with E-state index >= 15 is 0 Å². The summed E-state index contributed by atoms with van der Waals surface area (Å²) in [5, 5.41) is 8.93. The first-order valence-electron chi connectivity index (χ1n) is 7.61. The van der Waals surface area contributed by atoms with Crippen LogP contribution in [0.3, 0.4) is 0 Å². The lowest BCUT2D eigenvalue weighted by atomic mass is 10.1. The number of carbonyl (C=O) groups is 4. The molecule has 0 saturated heterocycles. The molecule has 0 aromatic heterocycles. The van der Waals surface area contributed by atoms with Crippen molar-refractivity contribution in [3.8, 4) is 0 Å². The Labute approximate surface area is 139 Å². The van der Waals surface area contributed by atoms with Gasteiger partial charge in [0.2, 0.25) is 5.91 Å². The number of carboxylic acids is 1. The van der Waals surface area contributed by atoms with Crippen LogP contribution in [0.5, 0.6) is 0 Å². The fraction of sp³-hybridized carbons (Fsp3) is 0.412. The quantitative estimate of drug-likeness (QED) is 0.816. The SMILES string of the molecule is Cc1ccc2c(c1)C(=O)N(C(C)C(=O)N(C)CC(C)C(=O)O)C2=O. The first-order valence-corrected chi connectivity index (χ1v) is 7.61. The van der Waals surface area contributed by atoms with Crippen LogP contribution < -0.4 is 0 Å². The lowest BCUT2D eigenvalue weighted by Gasteiger charge is -2.27. The van der Waals surface area contributed by atoms with Crippen LogP contribution in [-0.2, 0) is 9.59 Å². The molecule has 3 amide bonds. The van der Waals surface area contributed by atoms with E-state index in [2.05, 4.69) is 0 Å². The molecule has 1 N–H and O–H groups in total. The molecule has 0 bridgehead atoms. The van der Waals surface area contributed by atoms with E-state index in [4.69, 9.17) is 5.11 Å². The first-order chi connectivity index (χ1) is 11.1. The van der Waals surface area contributed by atoms with Crippen LogP contribution in [-0.4, -0.2) is 58.2 Å². The summed E-state index contributed by atoms with van der Waals surface area (Å²) in [6.45, 7) is 4.78. The Bertz CT molecular complexity index is 728. The third-order valence-corrected chi connectivity index (χ3v) is 4.16. The van der Waals surface area contributed by atoms with Crippen LogP contribution in [0.25, 0.3) is 0 Å². The van der Waals surface area contributed by atoms with Crippen LogP contribution >= 0.6 is 0 Å². The van der Waals surface area contributed by atoms with E-state index in [0.29, 0.717) is 5.56 Å². The van der Waals surface area contributed by atoms with Crippen LogP contribution in [0.4, 0.5) is 0 Å². The average molecular weight is 332 g/mol. The van der Waals surface area contributed by atoms with Gasteiger partial charge in [0.05, 0.1) is 17.0 Å². The molecule has 24 heavy (non-hydrogen) atoms. The number of hydrogen-bond donors (Lipinski definition) is 1. The molecule has 1 heterocycles. The number of benzene rings is 1. The number of carbonyl (C=O) groups excluding carboxylic acids is 3. The molecule has 7 nitrogen and oxygen atoms in total. The zero-order valence-electron chi connectivity index (χ0n) is 14.1. The van der Waals surface area contributed by atoms with Crippen molar-refractivity contribution < 1.29 is 24.3 Å². The smallest absolute Gasteiger partial charge is 0.308 e. The van der Waals surface area contributed by atoms with Crippen LogP contribution in [0.15, 0.2) is 18.2 Å². The lowest BCUT2D eigenvalue weighted by molar-refractivity contribution is -0.143. The number of hydrogen-bond acceptors (Lipinski definition) is 4. The molecule has 2 rings (SSSR count). The molecular weight excluding hydrogens is 312 g/mol. The van der Waals surface area contributed by atoms with Gasteiger partial charge in [-0.25, -0.2) is 0 Å². The van der Waals surface area contributed by atoms with Crippen molar-refractivity contribution in [2.75, 3.05) is 13.6 Å². The van der Waals surface area contributed by atoms with Crippen LogP contribution in [0.1, 0.15) is 40.1 Å². The lowest BCUT2D eigenvalue weighted by Crippen LogP contribution is -2.49. The molecular formula is C17H20N2O5. The molecule has 0 saturated carbocycles. The molecule has 1 aliphatic rings. The zero-order valence-corrected chi connectivity index (χ0v) is 14.1. The first kappa shape index (κ1) is 17.7. The van der Waals surface area contributed by atoms with Gasteiger partial charge in [-0.05, 0) is 26.0 Å². The number of fused-ring (bicyclic) bond motifs is 1. The molecule has 7 heteroatoms. The van der Waals surface area contributed by atoms with Gasteiger partial charge in [-0.15, -0.1) is 0 Å². The topological polar surface area (TPSA) is 95.0 Å². The number of amides is 3. The van der Waals surface area contributed by atoms with Crippen molar-refractivity contribution in [2.45, 2.75) is 26.8 Å². The number of rotatable bonds is 5. The second-order valence-corrected chi connectivity index (χ2v) is 6.16. The van der Waals surface area contributed by atoms with Gasteiger partial charge in [0.1, 0.15) is 6.04 Å². The van der Waals surface area contributed by atoms with Gasteiger partial charge in [0, 0.05) is 13.6 Å².